The highest BCUT2D eigenvalue weighted by Crippen LogP contribution is 2.26. The van der Waals surface area contributed by atoms with Crippen LogP contribution in [0.2, 0.25) is 0 Å². The van der Waals surface area contributed by atoms with E-state index in [0.29, 0.717) is 5.78 Å². The third kappa shape index (κ3) is 3.81. The number of hydrogen-bond acceptors (Lipinski definition) is 2. The molecule has 0 aromatic heterocycles. The zero-order valence-corrected chi connectivity index (χ0v) is 12.0. The molecule has 0 spiro atoms. The van der Waals surface area contributed by atoms with Crippen molar-refractivity contribution in [2.24, 2.45) is 5.92 Å². The number of carbonyl (C=O) groups excluding carboxylic acids is 1. The molecule has 2 aliphatic rings. The molecule has 0 aromatic carbocycles. The minimum absolute atomic E-state index is 0.271. The van der Waals surface area contributed by atoms with Crippen molar-refractivity contribution >= 4 is 5.78 Å². The van der Waals surface area contributed by atoms with Gasteiger partial charge in [-0.05, 0) is 51.1 Å². The second kappa shape index (κ2) is 7.28. The molecule has 1 saturated heterocycles. The molecule has 2 fully saturated rings. The van der Waals surface area contributed by atoms with Crippen LogP contribution in [-0.4, -0.2) is 29.8 Å². The number of rotatable bonds is 3. The van der Waals surface area contributed by atoms with Gasteiger partial charge in [0.1, 0.15) is 5.78 Å². The average Bonchev–Trinajstić information content (AvgIpc) is 2.70. The summed E-state index contributed by atoms with van der Waals surface area (Å²) in [5.41, 5.74) is 0. The molecule has 2 nitrogen and oxygen atoms in total. The van der Waals surface area contributed by atoms with Crippen molar-refractivity contribution in [3.8, 4) is 0 Å². The lowest BCUT2D eigenvalue weighted by atomic mass is 9.96. The summed E-state index contributed by atoms with van der Waals surface area (Å²) in [6.07, 6.45) is 12.3. The third-order valence-corrected chi connectivity index (χ3v) is 4.79. The van der Waals surface area contributed by atoms with Crippen LogP contribution < -0.4 is 0 Å². The summed E-state index contributed by atoms with van der Waals surface area (Å²) < 4.78 is 0. The van der Waals surface area contributed by atoms with Crippen molar-refractivity contribution in [3.05, 3.63) is 0 Å². The molecule has 104 valence electrons. The Balaban J connectivity index is 1.89. The maximum atomic E-state index is 12.2. The molecule has 1 aliphatic carbocycles. The van der Waals surface area contributed by atoms with Crippen molar-refractivity contribution < 1.29 is 4.79 Å². The van der Waals surface area contributed by atoms with Crippen molar-refractivity contribution in [1.29, 1.82) is 0 Å². The van der Waals surface area contributed by atoms with Gasteiger partial charge >= 0.3 is 0 Å². The number of likely N-dealkylation sites (tertiary alicyclic amines) is 1. The molecule has 0 N–H and O–H groups in total. The first-order valence-electron chi connectivity index (χ1n) is 8.08. The van der Waals surface area contributed by atoms with E-state index in [1.54, 1.807) is 0 Å². The zero-order chi connectivity index (χ0) is 12.8. The normalized spacial score (nSPS) is 31.9. The van der Waals surface area contributed by atoms with E-state index in [9.17, 15) is 4.79 Å². The van der Waals surface area contributed by atoms with Crippen LogP contribution in [0.5, 0.6) is 0 Å². The van der Waals surface area contributed by atoms with Gasteiger partial charge in [-0.25, -0.2) is 0 Å². The van der Waals surface area contributed by atoms with Gasteiger partial charge in [0.25, 0.3) is 0 Å². The minimum Gasteiger partial charge on any atom is -0.298 e. The van der Waals surface area contributed by atoms with E-state index in [4.69, 9.17) is 0 Å². The summed E-state index contributed by atoms with van der Waals surface area (Å²) in [6.45, 7) is 4.62. The Morgan fingerprint density at radius 1 is 1.06 bits per heavy atom. The Labute approximate surface area is 112 Å². The molecule has 2 atom stereocenters. The molecule has 0 aromatic rings. The fourth-order valence-corrected chi connectivity index (χ4v) is 3.72. The van der Waals surface area contributed by atoms with E-state index in [-0.39, 0.29) is 6.04 Å². The fourth-order valence-electron chi connectivity index (χ4n) is 3.72. The van der Waals surface area contributed by atoms with Crippen LogP contribution in [0, 0.1) is 5.92 Å². The van der Waals surface area contributed by atoms with Gasteiger partial charge in [0, 0.05) is 6.42 Å². The molecular formula is C16H29NO. The van der Waals surface area contributed by atoms with E-state index in [0.717, 1.165) is 31.7 Å². The standard InChI is InChI=1S/C16H29NO/c1-2-7-14-8-6-12-17(13-11-14)15-9-4-3-5-10-16(15)18/h14-15H,2-13H2,1H3. The van der Waals surface area contributed by atoms with E-state index >= 15 is 0 Å². The van der Waals surface area contributed by atoms with Crippen LogP contribution in [-0.2, 0) is 4.79 Å². The Morgan fingerprint density at radius 3 is 2.78 bits per heavy atom. The topological polar surface area (TPSA) is 20.3 Å². The molecule has 1 heterocycles. The summed E-state index contributed by atoms with van der Waals surface area (Å²) in [5.74, 6) is 1.45. The predicted octanol–water partition coefficient (Wildman–Crippen LogP) is 3.79. The highest BCUT2D eigenvalue weighted by Gasteiger charge is 2.28. The Morgan fingerprint density at radius 2 is 1.94 bits per heavy atom. The maximum Gasteiger partial charge on any atom is 0.149 e. The quantitative estimate of drug-likeness (QED) is 0.711. The Kier molecular flexibility index (Phi) is 5.68. The molecule has 1 aliphatic heterocycles. The fraction of sp³-hybridized carbons (Fsp3) is 0.938. The first kappa shape index (κ1) is 14.0. The van der Waals surface area contributed by atoms with Crippen molar-refractivity contribution in [2.45, 2.75) is 77.2 Å². The number of carbonyl (C=O) groups is 1. The van der Waals surface area contributed by atoms with Gasteiger partial charge in [0.05, 0.1) is 6.04 Å². The van der Waals surface area contributed by atoms with Crippen molar-refractivity contribution in [3.63, 3.8) is 0 Å². The molecule has 2 rings (SSSR count). The van der Waals surface area contributed by atoms with E-state index in [2.05, 4.69) is 11.8 Å². The van der Waals surface area contributed by atoms with Gasteiger partial charge in [-0.3, -0.25) is 9.69 Å². The van der Waals surface area contributed by atoms with Gasteiger partial charge in [-0.2, -0.15) is 0 Å². The predicted molar refractivity (Wildman–Crippen MR) is 75.7 cm³/mol. The first-order chi connectivity index (χ1) is 8.81. The van der Waals surface area contributed by atoms with Gasteiger partial charge in [-0.15, -0.1) is 0 Å². The Bertz CT molecular complexity index is 264. The second-order valence-electron chi connectivity index (χ2n) is 6.20. The molecule has 0 radical (unpaired) electrons. The van der Waals surface area contributed by atoms with Crippen LogP contribution in [0.3, 0.4) is 0 Å². The van der Waals surface area contributed by atoms with Gasteiger partial charge in [0.15, 0.2) is 0 Å². The highest BCUT2D eigenvalue weighted by molar-refractivity contribution is 5.84. The molecule has 2 heteroatoms. The van der Waals surface area contributed by atoms with Gasteiger partial charge in [0.2, 0.25) is 0 Å². The molecule has 18 heavy (non-hydrogen) atoms. The summed E-state index contributed by atoms with van der Waals surface area (Å²) in [6, 6.07) is 0.271. The van der Waals surface area contributed by atoms with Crippen LogP contribution in [0.1, 0.15) is 71.1 Å². The summed E-state index contributed by atoms with van der Waals surface area (Å²) in [4.78, 5) is 14.7. The SMILES string of the molecule is CCCC1CCCN(C2CCCCCC2=O)CC1. The average molecular weight is 251 g/mol. The van der Waals surface area contributed by atoms with E-state index in [1.807, 2.05) is 0 Å². The number of ketones is 1. The minimum atomic E-state index is 0.271. The summed E-state index contributed by atoms with van der Waals surface area (Å²) >= 11 is 0. The number of hydrogen-bond donors (Lipinski definition) is 0. The van der Waals surface area contributed by atoms with E-state index in [1.165, 1.54) is 51.5 Å². The zero-order valence-electron chi connectivity index (χ0n) is 12.0. The first-order valence-corrected chi connectivity index (χ1v) is 8.08. The smallest absolute Gasteiger partial charge is 0.149 e. The Hall–Kier alpha value is -0.370. The second-order valence-corrected chi connectivity index (χ2v) is 6.20. The van der Waals surface area contributed by atoms with Gasteiger partial charge < -0.3 is 0 Å². The number of nitrogens with zero attached hydrogens (tertiary/aromatic N) is 1. The van der Waals surface area contributed by atoms with Crippen LogP contribution in [0.25, 0.3) is 0 Å². The highest BCUT2D eigenvalue weighted by atomic mass is 16.1. The molecule has 0 bridgehead atoms. The third-order valence-electron chi connectivity index (χ3n) is 4.79. The van der Waals surface area contributed by atoms with Crippen LogP contribution >= 0.6 is 0 Å². The maximum absolute atomic E-state index is 12.2. The monoisotopic (exact) mass is 251 g/mol. The molecular weight excluding hydrogens is 222 g/mol. The van der Waals surface area contributed by atoms with Crippen molar-refractivity contribution in [1.82, 2.24) is 4.90 Å². The molecule has 2 unspecified atom stereocenters. The lowest BCUT2D eigenvalue weighted by Gasteiger charge is -2.28. The van der Waals surface area contributed by atoms with Gasteiger partial charge in [-0.1, -0.05) is 32.6 Å². The summed E-state index contributed by atoms with van der Waals surface area (Å²) in [5, 5.41) is 0. The van der Waals surface area contributed by atoms with Crippen LogP contribution in [0.4, 0.5) is 0 Å². The summed E-state index contributed by atoms with van der Waals surface area (Å²) in [7, 11) is 0. The van der Waals surface area contributed by atoms with E-state index < -0.39 is 0 Å². The molecule has 1 saturated carbocycles. The lowest BCUT2D eigenvalue weighted by Crippen LogP contribution is -2.41. The number of Topliss-reactive ketones (excluding diaryl/α,β-unsaturated/α-hetero) is 1. The molecule has 0 amide bonds. The lowest BCUT2D eigenvalue weighted by molar-refractivity contribution is -0.124. The van der Waals surface area contributed by atoms with Crippen molar-refractivity contribution in [2.75, 3.05) is 13.1 Å². The largest absolute Gasteiger partial charge is 0.298 e. The van der Waals surface area contributed by atoms with Crippen LogP contribution in [0.15, 0.2) is 0 Å².